The predicted octanol–water partition coefficient (Wildman–Crippen LogP) is 4.47. The summed E-state index contributed by atoms with van der Waals surface area (Å²) in [6.07, 6.45) is 0. The number of ether oxygens (including phenoxy) is 1. The zero-order valence-corrected chi connectivity index (χ0v) is 16.6. The predicted molar refractivity (Wildman–Crippen MR) is 106 cm³/mol. The third kappa shape index (κ3) is 6.39. The van der Waals surface area contributed by atoms with Crippen molar-refractivity contribution in [1.82, 2.24) is 5.32 Å². The van der Waals surface area contributed by atoms with Gasteiger partial charge < -0.3 is 10.1 Å². The van der Waals surface area contributed by atoms with Gasteiger partial charge in [-0.1, -0.05) is 41.4 Å². The Morgan fingerprint density at radius 2 is 1.85 bits per heavy atom. The van der Waals surface area contributed by atoms with Crippen LogP contribution in [0.3, 0.4) is 0 Å². The maximum absolute atomic E-state index is 11.9. The molecule has 138 valence electrons. The van der Waals surface area contributed by atoms with Crippen LogP contribution in [-0.2, 0) is 14.3 Å². The molecule has 0 aliphatic rings. The first kappa shape index (κ1) is 20.3. The van der Waals surface area contributed by atoms with Crippen molar-refractivity contribution in [2.45, 2.75) is 31.7 Å². The Bertz CT molecular complexity index is 777. The van der Waals surface area contributed by atoms with E-state index >= 15 is 0 Å². The summed E-state index contributed by atoms with van der Waals surface area (Å²) in [5, 5.41) is 3.44. The first-order chi connectivity index (χ1) is 12.3. The lowest BCUT2D eigenvalue weighted by Crippen LogP contribution is -2.31. The van der Waals surface area contributed by atoms with Crippen LogP contribution in [0.4, 0.5) is 0 Å². The molecule has 0 radical (unpaired) electrons. The van der Waals surface area contributed by atoms with Crippen molar-refractivity contribution < 1.29 is 14.3 Å². The maximum Gasteiger partial charge on any atom is 0.316 e. The molecule has 1 N–H and O–H groups in total. The molecule has 0 fully saturated rings. The Balaban J connectivity index is 1.74. The summed E-state index contributed by atoms with van der Waals surface area (Å²) in [7, 11) is 0. The van der Waals surface area contributed by atoms with Gasteiger partial charge in [0.1, 0.15) is 0 Å². The second-order valence-electron chi connectivity index (χ2n) is 6.06. The third-order valence-corrected chi connectivity index (χ3v) is 5.19. The van der Waals surface area contributed by atoms with Crippen molar-refractivity contribution in [1.29, 1.82) is 0 Å². The lowest BCUT2D eigenvalue weighted by Gasteiger charge is -2.14. The van der Waals surface area contributed by atoms with Crippen LogP contribution in [0.2, 0.25) is 5.02 Å². The van der Waals surface area contributed by atoms with Crippen molar-refractivity contribution in [2.75, 3.05) is 12.4 Å². The summed E-state index contributed by atoms with van der Waals surface area (Å²) in [4.78, 5) is 24.8. The Kier molecular flexibility index (Phi) is 7.54. The third-order valence-electron chi connectivity index (χ3n) is 3.79. The second kappa shape index (κ2) is 9.64. The fourth-order valence-electron chi connectivity index (χ4n) is 2.40. The summed E-state index contributed by atoms with van der Waals surface area (Å²) in [5.74, 6) is -0.578. The fraction of sp³-hybridized carbons (Fsp3) is 0.300. The minimum atomic E-state index is -0.413. The van der Waals surface area contributed by atoms with E-state index in [9.17, 15) is 9.59 Å². The summed E-state index contributed by atoms with van der Waals surface area (Å²) >= 11 is 7.26. The Morgan fingerprint density at radius 3 is 2.50 bits per heavy atom. The number of benzene rings is 2. The molecule has 0 saturated heterocycles. The van der Waals surface area contributed by atoms with Crippen LogP contribution in [0.15, 0.2) is 47.4 Å². The van der Waals surface area contributed by atoms with E-state index in [1.807, 2.05) is 45.0 Å². The fourth-order valence-corrected chi connectivity index (χ4v) is 3.34. The average molecular weight is 392 g/mol. The van der Waals surface area contributed by atoms with E-state index in [0.29, 0.717) is 5.02 Å². The van der Waals surface area contributed by atoms with Crippen molar-refractivity contribution in [3.63, 3.8) is 0 Å². The molecule has 1 amide bonds. The second-order valence-corrected chi connectivity index (χ2v) is 7.51. The molecule has 0 spiro atoms. The number of hydrogen-bond acceptors (Lipinski definition) is 4. The molecule has 2 aromatic carbocycles. The first-order valence-electron chi connectivity index (χ1n) is 8.25. The molecule has 0 saturated carbocycles. The maximum atomic E-state index is 11.9. The van der Waals surface area contributed by atoms with Crippen LogP contribution in [-0.4, -0.2) is 24.2 Å². The van der Waals surface area contributed by atoms with E-state index in [1.165, 1.54) is 17.3 Å². The van der Waals surface area contributed by atoms with E-state index in [0.717, 1.165) is 16.0 Å². The van der Waals surface area contributed by atoms with Crippen LogP contribution >= 0.6 is 23.4 Å². The molecule has 0 aliphatic carbocycles. The van der Waals surface area contributed by atoms with Gasteiger partial charge in [0.15, 0.2) is 6.61 Å². The summed E-state index contributed by atoms with van der Waals surface area (Å²) in [5.41, 5.74) is 3.23. The SMILES string of the molecule is Cc1ccc(SCC(=O)OCC(=O)N[C@@H](C)c2ccc(Cl)cc2)c(C)c1. The van der Waals surface area contributed by atoms with Gasteiger partial charge in [-0.2, -0.15) is 0 Å². The zero-order chi connectivity index (χ0) is 19.1. The number of carbonyl (C=O) groups is 2. The van der Waals surface area contributed by atoms with Crippen molar-refractivity contribution in [3.8, 4) is 0 Å². The molecular weight excluding hydrogens is 370 g/mol. The molecule has 2 rings (SSSR count). The van der Waals surface area contributed by atoms with Crippen LogP contribution in [0.5, 0.6) is 0 Å². The Hall–Kier alpha value is -1.98. The normalized spacial score (nSPS) is 11.7. The van der Waals surface area contributed by atoms with Crippen molar-refractivity contribution >= 4 is 35.2 Å². The molecule has 0 heterocycles. The number of amides is 1. The van der Waals surface area contributed by atoms with Gasteiger partial charge in [0.25, 0.3) is 5.91 Å². The molecule has 4 nitrogen and oxygen atoms in total. The van der Waals surface area contributed by atoms with Crippen molar-refractivity contribution in [2.24, 2.45) is 0 Å². The van der Waals surface area contributed by atoms with E-state index < -0.39 is 5.97 Å². The van der Waals surface area contributed by atoms with Gasteiger partial charge in [-0.15, -0.1) is 11.8 Å². The molecule has 0 unspecified atom stereocenters. The number of esters is 1. The minimum Gasteiger partial charge on any atom is -0.455 e. The quantitative estimate of drug-likeness (QED) is 0.558. The van der Waals surface area contributed by atoms with Gasteiger partial charge in [-0.3, -0.25) is 9.59 Å². The Labute approximate surface area is 163 Å². The number of halogens is 1. The number of carbonyl (C=O) groups excluding carboxylic acids is 2. The summed E-state index contributed by atoms with van der Waals surface area (Å²) in [6, 6.07) is 13.1. The minimum absolute atomic E-state index is 0.171. The van der Waals surface area contributed by atoms with Crippen LogP contribution in [0.1, 0.15) is 29.7 Å². The number of hydrogen-bond donors (Lipinski definition) is 1. The molecule has 0 aromatic heterocycles. The molecule has 6 heteroatoms. The summed E-state index contributed by atoms with van der Waals surface area (Å²) in [6.45, 7) is 5.61. The van der Waals surface area contributed by atoms with Gasteiger partial charge >= 0.3 is 5.97 Å². The van der Waals surface area contributed by atoms with Crippen LogP contribution in [0, 0.1) is 13.8 Å². The van der Waals surface area contributed by atoms with E-state index in [4.69, 9.17) is 16.3 Å². The highest BCUT2D eigenvalue weighted by atomic mass is 35.5. The van der Waals surface area contributed by atoms with Gasteiger partial charge in [0.2, 0.25) is 0 Å². The first-order valence-corrected chi connectivity index (χ1v) is 9.62. The molecule has 0 aliphatic heterocycles. The lowest BCUT2D eigenvalue weighted by atomic mass is 10.1. The van der Waals surface area contributed by atoms with Gasteiger partial charge in [-0.25, -0.2) is 0 Å². The van der Waals surface area contributed by atoms with Crippen molar-refractivity contribution in [3.05, 3.63) is 64.2 Å². The van der Waals surface area contributed by atoms with Gasteiger partial charge in [-0.05, 0) is 50.1 Å². The van der Waals surface area contributed by atoms with E-state index in [-0.39, 0.29) is 24.3 Å². The van der Waals surface area contributed by atoms with Crippen LogP contribution in [0.25, 0.3) is 0 Å². The zero-order valence-electron chi connectivity index (χ0n) is 15.0. The van der Waals surface area contributed by atoms with E-state index in [2.05, 4.69) is 11.4 Å². The molecule has 26 heavy (non-hydrogen) atoms. The molecule has 1 atom stereocenters. The molecule has 2 aromatic rings. The monoisotopic (exact) mass is 391 g/mol. The smallest absolute Gasteiger partial charge is 0.316 e. The topological polar surface area (TPSA) is 55.4 Å². The standard InChI is InChI=1S/C20H22ClNO3S/c1-13-4-9-18(14(2)10-13)26-12-20(24)25-11-19(23)22-15(3)16-5-7-17(21)8-6-16/h4-10,15H,11-12H2,1-3H3,(H,22,23)/t15-/m0/s1. The highest BCUT2D eigenvalue weighted by molar-refractivity contribution is 8.00. The lowest BCUT2D eigenvalue weighted by molar-refractivity contribution is -0.146. The van der Waals surface area contributed by atoms with Gasteiger partial charge in [0, 0.05) is 9.92 Å². The Morgan fingerprint density at radius 1 is 1.15 bits per heavy atom. The molecule has 0 bridgehead atoms. The van der Waals surface area contributed by atoms with E-state index in [1.54, 1.807) is 12.1 Å². The average Bonchev–Trinajstić information content (AvgIpc) is 2.59. The number of rotatable bonds is 7. The molecular formula is C20H22ClNO3S. The summed E-state index contributed by atoms with van der Waals surface area (Å²) < 4.78 is 5.05. The largest absolute Gasteiger partial charge is 0.455 e. The van der Waals surface area contributed by atoms with Crippen LogP contribution < -0.4 is 5.32 Å². The van der Waals surface area contributed by atoms with Gasteiger partial charge in [0.05, 0.1) is 11.8 Å². The number of nitrogens with one attached hydrogen (secondary N) is 1. The highest BCUT2D eigenvalue weighted by Gasteiger charge is 2.12. The number of aryl methyl sites for hydroxylation is 2. The number of thioether (sulfide) groups is 1. The highest BCUT2D eigenvalue weighted by Crippen LogP contribution is 2.23.